The molecule has 0 spiro atoms. The van der Waals surface area contributed by atoms with Crippen LogP contribution in [0.3, 0.4) is 0 Å². The zero-order valence-electron chi connectivity index (χ0n) is 9.43. The van der Waals surface area contributed by atoms with Gasteiger partial charge in [0.15, 0.2) is 11.5 Å². The Morgan fingerprint density at radius 2 is 2.19 bits per heavy atom. The van der Waals surface area contributed by atoms with Crippen LogP contribution in [0, 0.1) is 6.92 Å². The van der Waals surface area contributed by atoms with Gasteiger partial charge in [0.2, 0.25) is 0 Å². The maximum absolute atomic E-state index is 11.1. The second-order valence-corrected chi connectivity index (χ2v) is 4.32. The van der Waals surface area contributed by atoms with Gasteiger partial charge in [-0.15, -0.1) is 0 Å². The number of fused-ring (bicyclic) bond motifs is 1. The van der Waals surface area contributed by atoms with E-state index in [1.807, 2.05) is 19.1 Å². The lowest BCUT2D eigenvalue weighted by atomic mass is 9.93. The third-order valence-electron chi connectivity index (χ3n) is 2.65. The summed E-state index contributed by atoms with van der Waals surface area (Å²) in [5.41, 5.74) is 0.604. The molecule has 0 atom stereocenters. The lowest BCUT2D eigenvalue weighted by molar-refractivity contribution is -0.142. The topological polar surface area (TPSA) is 67.5 Å². The third-order valence-corrected chi connectivity index (χ3v) is 2.65. The molecule has 16 heavy (non-hydrogen) atoms. The van der Waals surface area contributed by atoms with Gasteiger partial charge in [0.1, 0.15) is 5.41 Å². The van der Waals surface area contributed by atoms with E-state index in [-0.39, 0.29) is 0 Å². The number of aliphatic carboxylic acids is 1. The van der Waals surface area contributed by atoms with Crippen LogP contribution in [-0.4, -0.2) is 25.7 Å². The Bertz CT molecular complexity index is 557. The van der Waals surface area contributed by atoms with Crippen LogP contribution in [0.15, 0.2) is 18.3 Å². The van der Waals surface area contributed by atoms with E-state index in [4.69, 9.17) is 5.11 Å². The fourth-order valence-electron chi connectivity index (χ4n) is 1.40. The molecule has 5 heteroatoms. The highest BCUT2D eigenvalue weighted by atomic mass is 16.4. The van der Waals surface area contributed by atoms with Crippen molar-refractivity contribution in [2.45, 2.75) is 26.2 Å². The zero-order chi connectivity index (χ0) is 11.9. The quantitative estimate of drug-likeness (QED) is 0.829. The molecule has 0 aliphatic rings. The van der Waals surface area contributed by atoms with Crippen molar-refractivity contribution in [1.29, 1.82) is 0 Å². The van der Waals surface area contributed by atoms with E-state index < -0.39 is 11.4 Å². The molecule has 0 fully saturated rings. The minimum absolute atomic E-state index is 0.328. The summed E-state index contributed by atoms with van der Waals surface area (Å²) in [6, 6.07) is 3.77. The standard InChI is InChI=1S/C11H13N3O2/c1-7-5-4-6-14-8(7)12-9(13-14)11(2,3)10(15)16/h4-6H,1-3H3,(H,15,16). The highest BCUT2D eigenvalue weighted by Gasteiger charge is 2.34. The monoisotopic (exact) mass is 219 g/mol. The lowest BCUT2D eigenvalue weighted by Gasteiger charge is -2.13. The summed E-state index contributed by atoms with van der Waals surface area (Å²) in [7, 11) is 0. The van der Waals surface area contributed by atoms with Crippen molar-refractivity contribution in [3.63, 3.8) is 0 Å². The normalized spacial score (nSPS) is 11.9. The number of nitrogens with zero attached hydrogens (tertiary/aromatic N) is 3. The van der Waals surface area contributed by atoms with Gasteiger partial charge in [-0.05, 0) is 32.4 Å². The molecular formula is C11H13N3O2. The Morgan fingerprint density at radius 3 is 2.75 bits per heavy atom. The largest absolute Gasteiger partial charge is 0.481 e. The van der Waals surface area contributed by atoms with Crippen LogP contribution in [-0.2, 0) is 10.2 Å². The van der Waals surface area contributed by atoms with Crippen molar-refractivity contribution in [3.8, 4) is 0 Å². The van der Waals surface area contributed by atoms with Gasteiger partial charge in [-0.25, -0.2) is 9.50 Å². The molecular weight excluding hydrogens is 206 g/mol. The lowest BCUT2D eigenvalue weighted by Crippen LogP contribution is -2.30. The summed E-state index contributed by atoms with van der Waals surface area (Å²) in [6.45, 7) is 5.11. The van der Waals surface area contributed by atoms with E-state index in [0.717, 1.165) is 5.56 Å². The van der Waals surface area contributed by atoms with E-state index in [1.165, 1.54) is 0 Å². The molecule has 5 nitrogen and oxygen atoms in total. The van der Waals surface area contributed by atoms with E-state index >= 15 is 0 Å². The zero-order valence-corrected chi connectivity index (χ0v) is 9.43. The summed E-state index contributed by atoms with van der Waals surface area (Å²) >= 11 is 0. The first-order valence-corrected chi connectivity index (χ1v) is 4.99. The van der Waals surface area contributed by atoms with E-state index in [2.05, 4.69) is 10.1 Å². The highest BCUT2D eigenvalue weighted by molar-refractivity contribution is 5.79. The van der Waals surface area contributed by atoms with E-state index in [1.54, 1.807) is 24.6 Å². The molecule has 2 aromatic rings. The molecule has 0 saturated heterocycles. The number of carboxylic acid groups (broad SMARTS) is 1. The maximum Gasteiger partial charge on any atom is 0.316 e. The van der Waals surface area contributed by atoms with E-state index in [9.17, 15) is 4.79 Å². The Hall–Kier alpha value is -1.91. The number of rotatable bonds is 2. The molecule has 0 aromatic carbocycles. The number of aromatic nitrogens is 3. The molecule has 2 heterocycles. The Kier molecular flexibility index (Phi) is 2.18. The maximum atomic E-state index is 11.1. The SMILES string of the molecule is Cc1cccn2nc(C(C)(C)C(=O)O)nc12. The first kappa shape index (κ1) is 10.6. The van der Waals surface area contributed by atoms with Crippen molar-refractivity contribution in [2.24, 2.45) is 0 Å². The van der Waals surface area contributed by atoms with Gasteiger partial charge in [0.25, 0.3) is 0 Å². The molecule has 0 bridgehead atoms. The number of hydrogen-bond donors (Lipinski definition) is 1. The van der Waals surface area contributed by atoms with Crippen LogP contribution in [0.5, 0.6) is 0 Å². The molecule has 0 amide bonds. The predicted molar refractivity (Wildman–Crippen MR) is 58.4 cm³/mol. The number of carboxylic acids is 1. The van der Waals surface area contributed by atoms with E-state index in [0.29, 0.717) is 11.5 Å². The van der Waals surface area contributed by atoms with Crippen molar-refractivity contribution in [2.75, 3.05) is 0 Å². The van der Waals surface area contributed by atoms with Gasteiger partial charge in [-0.3, -0.25) is 4.79 Å². The number of pyridine rings is 1. The Labute approximate surface area is 92.7 Å². The summed E-state index contributed by atoms with van der Waals surface area (Å²) in [4.78, 5) is 15.4. The smallest absolute Gasteiger partial charge is 0.316 e. The molecule has 0 unspecified atom stereocenters. The van der Waals surface area contributed by atoms with Gasteiger partial charge >= 0.3 is 5.97 Å². The van der Waals surface area contributed by atoms with Gasteiger partial charge in [-0.1, -0.05) is 6.07 Å². The first-order valence-electron chi connectivity index (χ1n) is 4.99. The Balaban J connectivity index is 2.64. The molecule has 1 N–H and O–H groups in total. The van der Waals surface area contributed by atoms with Crippen molar-refractivity contribution >= 4 is 11.6 Å². The van der Waals surface area contributed by atoms with Gasteiger partial charge < -0.3 is 5.11 Å². The molecule has 84 valence electrons. The van der Waals surface area contributed by atoms with Crippen LogP contribution < -0.4 is 0 Å². The average Bonchev–Trinajstić information content (AvgIpc) is 2.63. The second-order valence-electron chi connectivity index (χ2n) is 4.32. The van der Waals surface area contributed by atoms with Crippen LogP contribution in [0.1, 0.15) is 25.2 Å². The molecule has 0 radical (unpaired) electrons. The molecule has 0 aliphatic carbocycles. The van der Waals surface area contributed by atoms with Crippen LogP contribution in [0.2, 0.25) is 0 Å². The summed E-state index contributed by atoms with van der Waals surface area (Å²) in [5.74, 6) is -0.602. The van der Waals surface area contributed by atoms with Crippen molar-refractivity contribution < 1.29 is 9.90 Å². The summed E-state index contributed by atoms with van der Waals surface area (Å²) < 4.78 is 1.61. The molecule has 0 aliphatic heterocycles. The summed E-state index contributed by atoms with van der Waals surface area (Å²) in [5, 5.41) is 13.3. The summed E-state index contributed by atoms with van der Waals surface area (Å²) in [6.07, 6.45) is 1.76. The number of hydrogen-bond acceptors (Lipinski definition) is 3. The van der Waals surface area contributed by atoms with Crippen LogP contribution in [0.25, 0.3) is 5.65 Å². The number of aryl methyl sites for hydroxylation is 1. The van der Waals surface area contributed by atoms with Crippen LogP contribution in [0.4, 0.5) is 0 Å². The van der Waals surface area contributed by atoms with Gasteiger partial charge in [0, 0.05) is 6.20 Å². The fraction of sp³-hybridized carbons (Fsp3) is 0.364. The molecule has 2 rings (SSSR count). The predicted octanol–water partition coefficient (Wildman–Crippen LogP) is 1.40. The average molecular weight is 219 g/mol. The number of carbonyl (C=O) groups is 1. The second kappa shape index (κ2) is 3.30. The van der Waals surface area contributed by atoms with Crippen LogP contribution >= 0.6 is 0 Å². The minimum Gasteiger partial charge on any atom is -0.481 e. The minimum atomic E-state index is -1.07. The highest BCUT2D eigenvalue weighted by Crippen LogP contribution is 2.21. The van der Waals surface area contributed by atoms with Crippen molar-refractivity contribution in [3.05, 3.63) is 29.7 Å². The molecule has 2 aromatic heterocycles. The fourth-order valence-corrected chi connectivity index (χ4v) is 1.40. The molecule has 0 saturated carbocycles. The third kappa shape index (κ3) is 1.44. The van der Waals surface area contributed by atoms with Gasteiger partial charge in [-0.2, -0.15) is 5.10 Å². The van der Waals surface area contributed by atoms with Crippen molar-refractivity contribution in [1.82, 2.24) is 14.6 Å². The Morgan fingerprint density at radius 1 is 1.50 bits per heavy atom. The van der Waals surface area contributed by atoms with Gasteiger partial charge in [0.05, 0.1) is 0 Å². The first-order chi connectivity index (χ1) is 7.43.